The first kappa shape index (κ1) is 45.0. The summed E-state index contributed by atoms with van der Waals surface area (Å²) in [4.78, 5) is 89.5. The minimum atomic E-state index is -6.45. The van der Waals surface area contributed by atoms with Gasteiger partial charge in [-0.05, 0) is 12.5 Å². The lowest BCUT2D eigenvalue weighted by atomic mass is 10.1. The van der Waals surface area contributed by atoms with E-state index in [0.29, 0.717) is 0 Å². The molecule has 0 radical (unpaired) electrons. The van der Waals surface area contributed by atoms with Crippen molar-refractivity contribution < 1.29 is 93.3 Å². The number of nitrogens with two attached hydrogens (primary N) is 1. The molecule has 12 unspecified atom stereocenters. The summed E-state index contributed by atoms with van der Waals surface area (Å²) in [7, 11) is -30.9. The number of phosphoric ester groups is 2. The molecule has 12 atom stereocenters. The number of nitrogen functional groups attached to an aromatic ring is 1. The molecular formula is C20H29N10O22P5. The van der Waals surface area contributed by atoms with Crippen molar-refractivity contribution in [3.05, 3.63) is 55.7 Å². The summed E-state index contributed by atoms with van der Waals surface area (Å²) in [6, 6.07) is -1.22. The Bertz CT molecular complexity index is 2420. The molecule has 32 nitrogen and oxygen atoms in total. The molecule has 0 bridgehead atoms. The third kappa shape index (κ3) is 11.1. The Kier molecular flexibility index (Phi) is 13.3. The third-order valence-corrected chi connectivity index (χ3v) is 15.0. The fourth-order valence-corrected chi connectivity index (χ4v) is 11.5. The second-order valence-corrected chi connectivity index (χ2v) is 19.3. The summed E-state index contributed by atoms with van der Waals surface area (Å²) >= 11 is 0. The maximum absolute atomic E-state index is 12.4. The minimum absolute atomic E-state index is 0.0422. The quantitative estimate of drug-likeness (QED) is 0.0355. The van der Waals surface area contributed by atoms with Crippen molar-refractivity contribution in [2.24, 2.45) is 5.11 Å². The highest BCUT2D eigenvalue weighted by Gasteiger charge is 2.50. The molecule has 57 heavy (non-hydrogen) atoms. The van der Waals surface area contributed by atoms with Gasteiger partial charge >= 0.3 is 44.8 Å². The van der Waals surface area contributed by atoms with Gasteiger partial charge < -0.3 is 49.9 Å². The van der Waals surface area contributed by atoms with Crippen molar-refractivity contribution >= 4 is 56.1 Å². The van der Waals surface area contributed by atoms with Gasteiger partial charge in [-0.25, -0.2) is 42.6 Å². The highest BCUT2D eigenvalue weighted by Crippen LogP contribution is 2.73. The number of anilines is 1. The molecule has 0 aromatic carbocycles. The first-order valence-corrected chi connectivity index (χ1v) is 22.5. The number of imidazole rings is 1. The zero-order valence-corrected chi connectivity index (χ0v) is 32.5. The van der Waals surface area contributed by atoms with Crippen LogP contribution in [0.5, 0.6) is 0 Å². The number of aliphatic hydroxyl groups excluding tert-OH is 2. The zero-order valence-electron chi connectivity index (χ0n) is 28.0. The van der Waals surface area contributed by atoms with Gasteiger partial charge in [0.25, 0.3) is 5.56 Å². The van der Waals surface area contributed by atoms with Crippen molar-refractivity contribution in [2.75, 3.05) is 18.9 Å². The molecule has 0 amide bonds. The molecule has 10 N–H and O–H groups in total. The predicted octanol–water partition coefficient (Wildman–Crippen LogP) is -0.546. The Morgan fingerprint density at radius 1 is 0.877 bits per heavy atom. The molecule has 2 aliphatic rings. The monoisotopic (exact) mass is 916 g/mol. The molecular weight excluding hydrogens is 887 g/mol. The van der Waals surface area contributed by atoms with Gasteiger partial charge in [-0.3, -0.25) is 28.0 Å². The molecule has 2 aliphatic heterocycles. The summed E-state index contributed by atoms with van der Waals surface area (Å²) in [5.74, 6) is -0.0422. The zero-order chi connectivity index (χ0) is 42.3. The van der Waals surface area contributed by atoms with Gasteiger partial charge in [-0.2, -0.15) is 17.2 Å². The van der Waals surface area contributed by atoms with Crippen molar-refractivity contribution in [3.8, 4) is 0 Å². The Morgan fingerprint density at radius 3 is 2.02 bits per heavy atom. The first-order valence-electron chi connectivity index (χ1n) is 15.1. The number of aliphatic hydroxyl groups is 2. The van der Waals surface area contributed by atoms with Crippen LogP contribution in [0.1, 0.15) is 24.4 Å². The Labute approximate surface area is 314 Å². The van der Waals surface area contributed by atoms with Crippen LogP contribution in [0.15, 0.2) is 33.6 Å². The number of aryl methyl sites for hydroxylation is 1. The lowest BCUT2D eigenvalue weighted by Crippen LogP contribution is -2.33. The van der Waals surface area contributed by atoms with Crippen LogP contribution in [0.4, 0.5) is 5.82 Å². The average molecular weight is 916 g/mol. The normalized spacial score (nSPS) is 29.1. The lowest BCUT2D eigenvalue weighted by Gasteiger charge is -2.22. The second kappa shape index (κ2) is 16.9. The number of H-pyrrole nitrogens is 1. The molecule has 316 valence electrons. The van der Waals surface area contributed by atoms with Crippen LogP contribution < -0.4 is 17.0 Å². The lowest BCUT2D eigenvalue weighted by molar-refractivity contribution is -0.0503. The highest BCUT2D eigenvalue weighted by atomic mass is 31.3. The van der Waals surface area contributed by atoms with Crippen LogP contribution in [0, 0.1) is 6.92 Å². The van der Waals surface area contributed by atoms with E-state index in [-0.39, 0.29) is 29.0 Å². The van der Waals surface area contributed by atoms with Crippen molar-refractivity contribution in [1.29, 1.82) is 0 Å². The number of phosphoric acid groups is 5. The van der Waals surface area contributed by atoms with E-state index in [1.54, 1.807) is 0 Å². The number of aromatic nitrogens is 6. The molecule has 5 heterocycles. The Morgan fingerprint density at radius 2 is 1.44 bits per heavy atom. The maximum atomic E-state index is 12.4. The summed E-state index contributed by atoms with van der Waals surface area (Å²) < 4.78 is 98.8. The standard InChI is InChI=1S/C20H29N10O22P5/c1-8-3-29(20(34)26-18(8)33)12-2-9(27-28-22)10(47-12)4-45-53(35,36)49-55(39,40)51-57(43,44)52-56(41,42)50-54(37,38)46-5-11-14(31)15(32)19(48-11)30-7-25-13-16(21)23-6-24-17(13)30/h3,6-7,9-12,14-15,19,31-32H,2,4-5H2,1H3,(H,35,36)(H,37,38)(H,39,40)(H,41,42)(H,43,44)(H2,21,23,24)(H,26,33,34). The highest BCUT2D eigenvalue weighted by molar-refractivity contribution is 7.71. The molecule has 2 saturated heterocycles. The molecule has 2 fully saturated rings. The van der Waals surface area contributed by atoms with Crippen LogP contribution in [-0.2, 0) is 58.6 Å². The number of aromatic amines is 1. The number of ether oxygens (including phenoxy) is 2. The summed E-state index contributed by atoms with van der Waals surface area (Å²) in [5, 5.41) is 24.3. The van der Waals surface area contributed by atoms with Gasteiger partial charge in [-0.15, -0.1) is 0 Å². The molecule has 3 aromatic heterocycles. The molecule has 37 heteroatoms. The molecule has 3 aromatic rings. The SMILES string of the molecule is Cc1cn(C2CC(N=[N+]=[N-])C(COP(=O)(O)OP(=O)(O)OP(=O)(O)OP(=O)(O)OP(=O)(O)OCC3OC(n4cnc5c(N)ncnc54)C(O)C3O)O2)c(=O)[nH]c1=O. The minimum Gasteiger partial charge on any atom is -0.387 e. The van der Waals surface area contributed by atoms with E-state index in [2.05, 4.69) is 51.3 Å². The summed E-state index contributed by atoms with van der Waals surface area (Å²) in [5.41, 5.74) is 13.2. The number of hydrogen-bond acceptors (Lipinski definition) is 22. The van der Waals surface area contributed by atoms with Gasteiger partial charge in [0, 0.05) is 23.1 Å². The number of nitrogens with one attached hydrogen (secondary N) is 1. The molecule has 0 saturated carbocycles. The predicted molar refractivity (Wildman–Crippen MR) is 179 cm³/mol. The first-order chi connectivity index (χ1) is 26.3. The molecule has 0 aliphatic carbocycles. The number of rotatable bonds is 17. The van der Waals surface area contributed by atoms with Crippen molar-refractivity contribution in [3.63, 3.8) is 0 Å². The van der Waals surface area contributed by atoms with Crippen molar-refractivity contribution in [1.82, 2.24) is 29.1 Å². The Balaban J connectivity index is 1.14. The van der Waals surface area contributed by atoms with Crippen LogP contribution in [0.25, 0.3) is 21.6 Å². The van der Waals surface area contributed by atoms with Crippen LogP contribution >= 0.6 is 39.1 Å². The van der Waals surface area contributed by atoms with E-state index in [1.165, 1.54) is 6.92 Å². The summed E-state index contributed by atoms with van der Waals surface area (Å²) in [6.07, 6.45) is -6.38. The fraction of sp³-hybridized carbons (Fsp3) is 0.550. The van der Waals surface area contributed by atoms with Crippen LogP contribution in [0.2, 0.25) is 0 Å². The van der Waals surface area contributed by atoms with Gasteiger partial charge in [0.1, 0.15) is 36.4 Å². The van der Waals surface area contributed by atoms with Gasteiger partial charge in [0.2, 0.25) is 0 Å². The van der Waals surface area contributed by atoms with E-state index in [9.17, 15) is 67.1 Å². The average Bonchev–Trinajstić information content (AvgIpc) is 3.75. The number of azide groups is 1. The number of nitrogens with zero attached hydrogens (tertiary/aromatic N) is 8. The third-order valence-electron chi connectivity index (χ3n) is 7.49. The van der Waals surface area contributed by atoms with E-state index in [1.807, 2.05) is 4.98 Å². The van der Waals surface area contributed by atoms with Crippen molar-refractivity contribution in [2.45, 2.75) is 56.3 Å². The van der Waals surface area contributed by atoms with E-state index >= 15 is 0 Å². The summed E-state index contributed by atoms with van der Waals surface area (Å²) in [6.45, 7) is -0.905. The van der Waals surface area contributed by atoms with Gasteiger partial charge in [0.15, 0.2) is 17.7 Å². The van der Waals surface area contributed by atoms with Gasteiger partial charge in [-0.1, -0.05) is 5.11 Å². The van der Waals surface area contributed by atoms with E-state index in [4.69, 9.17) is 20.7 Å². The van der Waals surface area contributed by atoms with Crippen LogP contribution in [-0.4, -0.2) is 107 Å². The molecule has 0 spiro atoms. The maximum Gasteiger partial charge on any atom is 0.490 e. The molecule has 5 rings (SSSR count). The van der Waals surface area contributed by atoms with E-state index < -0.39 is 106 Å². The van der Waals surface area contributed by atoms with E-state index in [0.717, 1.165) is 28.0 Å². The largest absolute Gasteiger partial charge is 0.490 e. The topological polar surface area (TPSA) is 474 Å². The fourth-order valence-electron chi connectivity index (χ4n) is 5.13. The number of fused-ring (bicyclic) bond motifs is 1. The second-order valence-electron chi connectivity index (χ2n) is 11.5. The van der Waals surface area contributed by atoms with Gasteiger partial charge in [0.05, 0.1) is 31.7 Å². The Hall–Kier alpha value is -3.11. The smallest absolute Gasteiger partial charge is 0.387 e. The number of hydrogen-bond donors (Lipinski definition) is 9. The van der Waals surface area contributed by atoms with Crippen LogP contribution in [0.3, 0.4) is 0 Å².